The van der Waals surface area contributed by atoms with E-state index in [2.05, 4.69) is 74.8 Å². The molecule has 3 aromatic heterocycles. The summed E-state index contributed by atoms with van der Waals surface area (Å²) in [4.78, 5) is 20.6. The fraction of sp³-hybridized carbons (Fsp3) is 0.586. The molecule has 4 heterocycles. The Kier molecular flexibility index (Phi) is 8.16. The van der Waals surface area contributed by atoms with Crippen molar-refractivity contribution in [2.45, 2.75) is 76.8 Å². The zero-order chi connectivity index (χ0) is 30.5. The highest BCUT2D eigenvalue weighted by molar-refractivity contribution is 8.32. The van der Waals surface area contributed by atoms with Crippen molar-refractivity contribution in [1.82, 2.24) is 29.3 Å². The number of carbonyl (C=O) groups is 1. The van der Waals surface area contributed by atoms with E-state index in [9.17, 15) is 13.2 Å². The molecule has 4 rings (SSSR count). The van der Waals surface area contributed by atoms with Gasteiger partial charge in [-0.25, -0.2) is 32.8 Å². The Morgan fingerprint density at radius 3 is 2.39 bits per heavy atom. The first-order valence-electron chi connectivity index (χ1n) is 13.9. The van der Waals surface area contributed by atoms with E-state index in [0.29, 0.717) is 29.8 Å². The van der Waals surface area contributed by atoms with Crippen molar-refractivity contribution in [2.24, 2.45) is 18.4 Å². The van der Waals surface area contributed by atoms with Gasteiger partial charge in [0.2, 0.25) is 0 Å². The predicted octanol–water partition coefficient (Wildman–Crippen LogP) is 4.91. The second-order valence-corrected chi connectivity index (χ2v) is 19.2. The molecule has 1 atom stereocenters. The van der Waals surface area contributed by atoms with Crippen molar-refractivity contribution in [1.29, 1.82) is 0 Å². The van der Waals surface area contributed by atoms with Gasteiger partial charge in [0.25, 0.3) is 15.9 Å². The van der Waals surface area contributed by atoms with Crippen molar-refractivity contribution in [2.75, 3.05) is 29.7 Å². The Labute approximate surface area is 246 Å². The molecular formula is C29H45N7O3S2. The number of sulfonamides is 1. The topological polar surface area (TPSA) is 115 Å². The third-order valence-corrected chi connectivity index (χ3v) is 11.7. The Hall–Kier alpha value is -2.86. The predicted molar refractivity (Wildman–Crippen MR) is 166 cm³/mol. The van der Waals surface area contributed by atoms with Gasteiger partial charge in [-0.05, 0) is 81.4 Å². The molecule has 0 aromatic carbocycles. The number of anilines is 1. The average Bonchev–Trinajstić information content (AvgIpc) is 3.53. The Morgan fingerprint density at radius 1 is 1.15 bits per heavy atom. The van der Waals surface area contributed by atoms with Crippen molar-refractivity contribution in [3.8, 4) is 5.82 Å². The second-order valence-electron chi connectivity index (χ2n) is 13.6. The van der Waals surface area contributed by atoms with E-state index in [1.807, 2.05) is 6.20 Å². The summed E-state index contributed by atoms with van der Waals surface area (Å²) in [7, 11) is -3.60. The number of aryl methyl sites for hydroxylation is 2. The summed E-state index contributed by atoms with van der Waals surface area (Å²) in [5.41, 5.74) is 0.498. The highest BCUT2D eigenvalue weighted by atomic mass is 32.3. The highest BCUT2D eigenvalue weighted by Gasteiger charge is 2.39. The molecule has 1 aliphatic rings. The maximum atomic E-state index is 13.6. The fourth-order valence-corrected chi connectivity index (χ4v) is 8.63. The fourth-order valence-electron chi connectivity index (χ4n) is 5.38. The first-order chi connectivity index (χ1) is 18.8. The molecule has 12 heteroatoms. The van der Waals surface area contributed by atoms with E-state index in [1.165, 1.54) is 10.9 Å². The summed E-state index contributed by atoms with van der Waals surface area (Å²) in [5, 5.41) is 10.1. The van der Waals surface area contributed by atoms with E-state index in [4.69, 9.17) is 10.1 Å². The van der Waals surface area contributed by atoms with Crippen LogP contribution >= 0.6 is 10.0 Å². The van der Waals surface area contributed by atoms with Crippen LogP contribution in [0.2, 0.25) is 0 Å². The van der Waals surface area contributed by atoms with Gasteiger partial charge < -0.3 is 4.90 Å². The summed E-state index contributed by atoms with van der Waals surface area (Å²) < 4.78 is 31.7. The number of hydrogen-bond donors (Lipinski definition) is 1. The number of nitrogens with zero attached hydrogens (tertiary/aromatic N) is 6. The molecule has 0 aliphatic carbocycles. The number of nitrogens with one attached hydrogen (secondary N) is 1. The van der Waals surface area contributed by atoms with Gasteiger partial charge in [0, 0.05) is 31.5 Å². The lowest BCUT2D eigenvalue weighted by Crippen LogP contribution is -2.41. The van der Waals surface area contributed by atoms with Gasteiger partial charge >= 0.3 is 0 Å². The molecule has 0 bridgehead atoms. The van der Waals surface area contributed by atoms with Gasteiger partial charge in [0.1, 0.15) is 15.7 Å². The van der Waals surface area contributed by atoms with E-state index in [1.54, 1.807) is 30.8 Å². The minimum atomic E-state index is -4.13. The van der Waals surface area contributed by atoms with Crippen molar-refractivity contribution in [3.05, 3.63) is 41.9 Å². The number of pyridine rings is 1. The summed E-state index contributed by atoms with van der Waals surface area (Å²) >= 11 is 0. The lowest BCUT2D eigenvalue weighted by Gasteiger charge is -2.34. The quantitative estimate of drug-likeness (QED) is 0.389. The first kappa shape index (κ1) is 31.1. The van der Waals surface area contributed by atoms with Crippen LogP contribution in [0, 0.1) is 18.3 Å². The van der Waals surface area contributed by atoms with E-state index in [0.717, 1.165) is 23.6 Å². The molecule has 41 heavy (non-hydrogen) atoms. The van der Waals surface area contributed by atoms with Crippen molar-refractivity contribution >= 4 is 31.8 Å². The van der Waals surface area contributed by atoms with Crippen molar-refractivity contribution in [3.63, 3.8) is 0 Å². The second kappa shape index (κ2) is 10.8. The van der Waals surface area contributed by atoms with Crippen LogP contribution < -0.4 is 9.62 Å². The van der Waals surface area contributed by atoms with Gasteiger partial charge in [-0.1, -0.05) is 27.7 Å². The van der Waals surface area contributed by atoms with Crippen LogP contribution in [-0.2, 0) is 17.1 Å². The van der Waals surface area contributed by atoms with Gasteiger partial charge in [-0.2, -0.15) is 10.2 Å². The SMILES string of the molecule is Cc1nn(C)cc1S(=O)(=O)NC(=O)c1ccc(-n2ccc(S(C)(C)CCC(C)(C)C)n2)nc1N1C[C@@H](C)CC1(C)C. The molecule has 10 nitrogen and oxygen atoms in total. The van der Waals surface area contributed by atoms with Gasteiger partial charge in [-0.15, -0.1) is 0 Å². The summed E-state index contributed by atoms with van der Waals surface area (Å²) in [5.74, 6) is 1.76. The highest BCUT2D eigenvalue weighted by Crippen LogP contribution is 2.50. The zero-order valence-corrected chi connectivity index (χ0v) is 27.7. The van der Waals surface area contributed by atoms with Crippen LogP contribution in [0.5, 0.6) is 0 Å². The molecular weight excluding hydrogens is 558 g/mol. The lowest BCUT2D eigenvalue weighted by atomic mass is 9.94. The van der Waals surface area contributed by atoms with E-state index >= 15 is 0 Å². The maximum absolute atomic E-state index is 13.6. The normalized spacial score (nSPS) is 18.1. The maximum Gasteiger partial charge on any atom is 0.268 e. The smallest absolute Gasteiger partial charge is 0.268 e. The summed E-state index contributed by atoms with van der Waals surface area (Å²) in [6, 6.07) is 5.43. The van der Waals surface area contributed by atoms with Crippen LogP contribution in [0.25, 0.3) is 5.82 Å². The Bertz CT molecular complexity index is 1550. The molecule has 226 valence electrons. The Balaban J connectivity index is 1.72. The molecule has 1 saturated heterocycles. The van der Waals surface area contributed by atoms with E-state index in [-0.39, 0.29) is 21.4 Å². The third-order valence-electron chi connectivity index (χ3n) is 7.65. The Morgan fingerprint density at radius 2 is 1.83 bits per heavy atom. The average molecular weight is 604 g/mol. The van der Waals surface area contributed by atoms with Crippen LogP contribution in [0.3, 0.4) is 0 Å². The number of amides is 1. The monoisotopic (exact) mass is 603 g/mol. The van der Waals surface area contributed by atoms with Crippen LogP contribution in [0.1, 0.15) is 70.4 Å². The summed E-state index contributed by atoms with van der Waals surface area (Å²) in [6.07, 6.45) is 9.91. The molecule has 0 radical (unpaired) electrons. The minimum Gasteiger partial charge on any atom is -0.350 e. The lowest BCUT2D eigenvalue weighted by molar-refractivity contribution is 0.0981. The molecule has 3 aromatic rings. The number of hydrogen-bond acceptors (Lipinski definition) is 7. The molecule has 1 amide bonds. The molecule has 0 saturated carbocycles. The first-order valence-corrected chi connectivity index (χ1v) is 18.0. The molecule has 1 aliphatic heterocycles. The molecule has 0 spiro atoms. The van der Waals surface area contributed by atoms with E-state index < -0.39 is 26.0 Å². The number of rotatable bonds is 8. The molecule has 1 fully saturated rings. The summed E-state index contributed by atoms with van der Waals surface area (Å²) in [6.45, 7) is 15.5. The molecule has 0 unspecified atom stereocenters. The largest absolute Gasteiger partial charge is 0.350 e. The van der Waals surface area contributed by atoms with Crippen LogP contribution in [0.15, 0.2) is 40.5 Å². The third kappa shape index (κ3) is 6.80. The van der Waals surface area contributed by atoms with Gasteiger partial charge in [-0.3, -0.25) is 9.48 Å². The van der Waals surface area contributed by atoms with Crippen LogP contribution in [0.4, 0.5) is 5.82 Å². The number of aromatic nitrogens is 5. The standard InChI is InChI=1S/C29H45N7O3S2/c1-20-17-29(6,7)35(18-20)26-22(27(37)33-41(38,39)23-19-34(8)31-21(23)2)11-12-24(30-26)36-15-13-25(32-36)40(9,10)16-14-28(3,4)5/h11-13,15,19-20H,14,16-18H2,1-10H3,(H,33,37)/t20-/m0/s1. The zero-order valence-electron chi connectivity index (χ0n) is 26.0. The van der Waals surface area contributed by atoms with Crippen LogP contribution in [-0.4, -0.2) is 69.2 Å². The molecule has 1 N–H and O–H groups in total. The number of carbonyl (C=O) groups excluding carboxylic acids is 1. The van der Waals surface area contributed by atoms with Gasteiger partial charge in [0.15, 0.2) is 5.82 Å². The van der Waals surface area contributed by atoms with Crippen molar-refractivity contribution < 1.29 is 13.2 Å². The van der Waals surface area contributed by atoms with Gasteiger partial charge in [0.05, 0.1) is 11.3 Å². The minimum absolute atomic E-state index is 0.0322.